The highest BCUT2D eigenvalue weighted by molar-refractivity contribution is 6.09. The zero-order chi connectivity index (χ0) is 20.9. The molecule has 9 heteroatoms. The van der Waals surface area contributed by atoms with Gasteiger partial charge in [0.1, 0.15) is 17.8 Å². The topological polar surface area (TPSA) is 79.0 Å². The van der Waals surface area contributed by atoms with E-state index in [0.29, 0.717) is 18.7 Å². The fourth-order valence-corrected chi connectivity index (χ4v) is 3.14. The zero-order valence-electron chi connectivity index (χ0n) is 16.2. The van der Waals surface area contributed by atoms with Gasteiger partial charge in [-0.3, -0.25) is 14.5 Å². The van der Waals surface area contributed by atoms with Crippen LogP contribution in [-0.2, 0) is 15.1 Å². The summed E-state index contributed by atoms with van der Waals surface area (Å²) in [6.07, 6.45) is 1.55. The Morgan fingerprint density at radius 1 is 1.18 bits per heavy atom. The lowest BCUT2D eigenvalue weighted by Gasteiger charge is -2.25. The fourth-order valence-electron chi connectivity index (χ4n) is 3.14. The first-order valence-electron chi connectivity index (χ1n) is 9.20. The van der Waals surface area contributed by atoms with Gasteiger partial charge in [0.15, 0.2) is 0 Å². The van der Waals surface area contributed by atoms with Crippen molar-refractivity contribution in [1.29, 1.82) is 0 Å². The second kappa shape index (κ2) is 8.99. The molecular weight excluding hydrogens is 372 g/mol. The Morgan fingerprint density at radius 2 is 1.75 bits per heavy atom. The minimum absolute atomic E-state index is 0.0547. The van der Waals surface area contributed by atoms with Crippen LogP contribution in [0.25, 0.3) is 0 Å². The highest BCUT2D eigenvalue weighted by Gasteiger charge is 2.49. The van der Waals surface area contributed by atoms with Crippen LogP contribution in [0.2, 0.25) is 0 Å². The van der Waals surface area contributed by atoms with Crippen LogP contribution in [-0.4, -0.2) is 53.9 Å². The number of hydrogen-bond acceptors (Lipinski definition) is 4. The Hall–Kier alpha value is -2.71. The number of carbonyl (C=O) groups excluding carboxylic acids is 3. The summed E-state index contributed by atoms with van der Waals surface area (Å²) in [7, 11) is 0. The maximum absolute atomic E-state index is 12.9. The van der Waals surface area contributed by atoms with E-state index in [9.17, 15) is 23.2 Å². The number of amides is 4. The van der Waals surface area contributed by atoms with Crippen molar-refractivity contribution in [3.05, 3.63) is 29.8 Å². The van der Waals surface area contributed by atoms with Crippen LogP contribution >= 0.6 is 0 Å². The van der Waals surface area contributed by atoms with Crippen LogP contribution in [0.3, 0.4) is 0 Å². The minimum Gasteiger partial charge on any atom is -0.435 e. The predicted molar refractivity (Wildman–Crippen MR) is 97.8 cm³/mol. The molecule has 1 saturated heterocycles. The SMILES string of the molecule is CCCN(CCC)C(=O)CN1C(=O)N[C@@](C)(c2ccc(OC(F)F)cc2)C1=O. The van der Waals surface area contributed by atoms with E-state index in [1.165, 1.54) is 31.2 Å². The van der Waals surface area contributed by atoms with E-state index in [2.05, 4.69) is 10.1 Å². The summed E-state index contributed by atoms with van der Waals surface area (Å²) in [5, 5.41) is 2.59. The third-order valence-corrected chi connectivity index (χ3v) is 4.56. The van der Waals surface area contributed by atoms with Gasteiger partial charge in [-0.1, -0.05) is 26.0 Å². The number of rotatable bonds is 9. The first-order chi connectivity index (χ1) is 13.2. The van der Waals surface area contributed by atoms with Crippen molar-refractivity contribution in [2.24, 2.45) is 0 Å². The summed E-state index contributed by atoms with van der Waals surface area (Å²) < 4.78 is 28.9. The third kappa shape index (κ3) is 4.58. The van der Waals surface area contributed by atoms with Crippen LogP contribution in [0.4, 0.5) is 13.6 Å². The van der Waals surface area contributed by atoms with E-state index in [1.807, 2.05) is 13.8 Å². The van der Waals surface area contributed by atoms with Crippen molar-refractivity contribution < 1.29 is 27.9 Å². The number of hydrogen-bond donors (Lipinski definition) is 1. The number of nitrogens with zero attached hydrogens (tertiary/aromatic N) is 2. The quantitative estimate of drug-likeness (QED) is 0.650. The molecule has 1 aliphatic heterocycles. The standard InChI is InChI=1S/C19H25F2N3O4/c1-4-10-23(11-5-2)15(25)12-24-16(26)19(3,22-18(24)27)13-6-8-14(9-7-13)28-17(20)21/h6-9,17H,4-5,10-12H2,1-3H3,(H,22,27)/t19-/m0/s1. The molecule has 0 aliphatic carbocycles. The number of benzene rings is 1. The zero-order valence-corrected chi connectivity index (χ0v) is 16.2. The molecule has 0 unspecified atom stereocenters. The average molecular weight is 397 g/mol. The van der Waals surface area contributed by atoms with Gasteiger partial charge in [-0.2, -0.15) is 8.78 Å². The van der Waals surface area contributed by atoms with Crippen LogP contribution < -0.4 is 10.1 Å². The minimum atomic E-state index is -2.95. The first kappa shape index (κ1) is 21.6. The fraction of sp³-hybridized carbons (Fsp3) is 0.526. The van der Waals surface area contributed by atoms with Gasteiger partial charge >= 0.3 is 12.6 Å². The molecule has 0 aromatic heterocycles. The van der Waals surface area contributed by atoms with E-state index >= 15 is 0 Å². The number of urea groups is 1. The molecule has 1 atom stereocenters. The molecule has 0 saturated carbocycles. The van der Waals surface area contributed by atoms with Gasteiger partial charge in [0, 0.05) is 13.1 Å². The second-order valence-corrected chi connectivity index (χ2v) is 6.73. The van der Waals surface area contributed by atoms with Gasteiger partial charge in [-0.15, -0.1) is 0 Å². The number of imide groups is 1. The average Bonchev–Trinajstić information content (AvgIpc) is 2.85. The van der Waals surface area contributed by atoms with Crippen molar-refractivity contribution in [2.75, 3.05) is 19.6 Å². The largest absolute Gasteiger partial charge is 0.435 e. The molecule has 1 aromatic rings. The molecule has 154 valence electrons. The summed E-state index contributed by atoms with van der Waals surface area (Å²) in [6.45, 7) is 3.22. The molecule has 28 heavy (non-hydrogen) atoms. The molecule has 1 fully saturated rings. The Labute approximate surface area is 162 Å². The van der Waals surface area contributed by atoms with Crippen molar-refractivity contribution in [3.63, 3.8) is 0 Å². The first-order valence-corrected chi connectivity index (χ1v) is 9.20. The van der Waals surface area contributed by atoms with Crippen LogP contribution in [0.5, 0.6) is 5.75 Å². The second-order valence-electron chi connectivity index (χ2n) is 6.73. The summed E-state index contributed by atoms with van der Waals surface area (Å²) in [5.41, 5.74) is -0.984. The maximum Gasteiger partial charge on any atom is 0.387 e. The van der Waals surface area contributed by atoms with Crippen LogP contribution in [0.1, 0.15) is 39.2 Å². The van der Waals surface area contributed by atoms with E-state index < -0.39 is 24.1 Å². The monoisotopic (exact) mass is 397 g/mol. The Morgan fingerprint density at radius 3 is 2.25 bits per heavy atom. The van der Waals surface area contributed by atoms with Gasteiger partial charge < -0.3 is 15.0 Å². The van der Waals surface area contributed by atoms with Gasteiger partial charge in [0.2, 0.25) is 5.91 Å². The summed E-state index contributed by atoms with van der Waals surface area (Å²) in [6, 6.07) is 4.79. The number of ether oxygens (including phenoxy) is 1. The van der Waals surface area contributed by atoms with E-state index in [4.69, 9.17) is 0 Å². The molecule has 1 heterocycles. The van der Waals surface area contributed by atoms with E-state index in [-0.39, 0.29) is 18.2 Å². The molecule has 1 N–H and O–H groups in total. The maximum atomic E-state index is 12.9. The highest BCUT2D eigenvalue weighted by atomic mass is 19.3. The van der Waals surface area contributed by atoms with Crippen molar-refractivity contribution >= 4 is 17.8 Å². The van der Waals surface area contributed by atoms with Crippen molar-refractivity contribution in [1.82, 2.24) is 15.1 Å². The molecule has 0 spiro atoms. The van der Waals surface area contributed by atoms with Gasteiger partial charge in [0.05, 0.1) is 0 Å². The highest BCUT2D eigenvalue weighted by Crippen LogP contribution is 2.30. The molecule has 7 nitrogen and oxygen atoms in total. The lowest BCUT2D eigenvalue weighted by molar-refractivity contribution is -0.139. The number of alkyl halides is 2. The van der Waals surface area contributed by atoms with Gasteiger partial charge in [0.25, 0.3) is 5.91 Å². The molecule has 1 aliphatic rings. The predicted octanol–water partition coefficient (Wildman–Crippen LogP) is 2.70. The van der Waals surface area contributed by atoms with Crippen LogP contribution in [0, 0.1) is 0 Å². The number of carbonyl (C=O) groups is 3. The molecule has 0 radical (unpaired) electrons. The Balaban J connectivity index is 2.16. The summed E-state index contributed by atoms with van der Waals surface area (Å²) >= 11 is 0. The molecule has 1 aromatic carbocycles. The number of halogens is 2. The lowest BCUT2D eigenvalue weighted by atomic mass is 9.92. The van der Waals surface area contributed by atoms with Gasteiger partial charge in [-0.05, 0) is 37.5 Å². The number of nitrogens with one attached hydrogen (secondary N) is 1. The molecule has 0 bridgehead atoms. The van der Waals surface area contributed by atoms with E-state index in [0.717, 1.165) is 17.7 Å². The molecule has 4 amide bonds. The lowest BCUT2D eigenvalue weighted by Crippen LogP contribution is -2.45. The van der Waals surface area contributed by atoms with Crippen molar-refractivity contribution in [2.45, 2.75) is 45.8 Å². The summed E-state index contributed by atoms with van der Waals surface area (Å²) in [5.74, 6) is -0.917. The Kier molecular flexibility index (Phi) is 6.93. The smallest absolute Gasteiger partial charge is 0.387 e. The molecule has 2 rings (SSSR count). The van der Waals surface area contributed by atoms with Gasteiger partial charge in [-0.25, -0.2) is 4.79 Å². The Bertz CT molecular complexity index is 720. The van der Waals surface area contributed by atoms with Crippen molar-refractivity contribution in [3.8, 4) is 5.75 Å². The molecular formula is C19H25F2N3O4. The van der Waals surface area contributed by atoms with E-state index in [1.54, 1.807) is 4.90 Å². The summed E-state index contributed by atoms with van der Waals surface area (Å²) in [4.78, 5) is 40.3. The third-order valence-electron chi connectivity index (χ3n) is 4.56. The van der Waals surface area contributed by atoms with Crippen LogP contribution in [0.15, 0.2) is 24.3 Å². The normalized spacial score (nSPS) is 19.1.